The Morgan fingerprint density at radius 2 is 1.08 bits per heavy atom. The zero-order chi connectivity index (χ0) is 49.8. The molecule has 0 spiro atoms. The van der Waals surface area contributed by atoms with E-state index < -0.39 is 22.2 Å². The molecule has 7 aromatic rings. The largest absolute Gasteiger partial charge is 0.487 e. The van der Waals surface area contributed by atoms with Gasteiger partial charge in [-0.15, -0.1) is 0 Å². The second-order valence-electron chi connectivity index (χ2n) is 16.3. The molecule has 1 aliphatic heterocycles. The predicted molar refractivity (Wildman–Crippen MR) is 287 cm³/mol. The third-order valence-corrected chi connectivity index (χ3v) is 13.9. The molecule has 376 valence electrons. The number of sulfonamides is 1. The average molecular weight is 1060 g/mol. The Hall–Kier alpha value is -7.05. The lowest BCUT2D eigenvalue weighted by molar-refractivity contribution is -0.106. The van der Waals surface area contributed by atoms with Gasteiger partial charge in [-0.25, -0.2) is 8.42 Å². The van der Waals surface area contributed by atoms with Crippen molar-refractivity contribution < 1.29 is 42.4 Å². The van der Waals surface area contributed by atoms with Gasteiger partial charge >= 0.3 is 0 Å². The molecule has 72 heavy (non-hydrogen) atoms. The smallest absolute Gasteiger partial charge is 0.243 e. The quantitative estimate of drug-likeness (QED) is 0.0322. The number of amides is 2. The summed E-state index contributed by atoms with van der Waals surface area (Å²) >= 11 is 3.22. The second kappa shape index (κ2) is 27.5. The first-order valence-electron chi connectivity index (χ1n) is 22.9. The number of alkyl halides is 1. The molecule has 8 rings (SSSR count). The molecule has 1 heterocycles. The summed E-state index contributed by atoms with van der Waals surface area (Å²) in [6, 6.07) is 54.7. The van der Waals surface area contributed by atoms with E-state index >= 15 is 0 Å². The van der Waals surface area contributed by atoms with Gasteiger partial charge in [0, 0.05) is 48.6 Å². The number of nitrogens with zero attached hydrogens (tertiary/aromatic N) is 2. The van der Waals surface area contributed by atoms with E-state index in [0.717, 1.165) is 33.8 Å². The average Bonchev–Trinajstić information content (AvgIpc) is 3.41. The first kappa shape index (κ1) is 54.3. The summed E-state index contributed by atoms with van der Waals surface area (Å²) in [4.78, 5) is 24.5. The number of nitrogens with one attached hydrogen (secondary N) is 3. The van der Waals surface area contributed by atoms with Crippen LogP contribution in [0.5, 0.6) is 11.5 Å². The highest BCUT2D eigenvalue weighted by Crippen LogP contribution is 2.32. The number of rotatable bonds is 22. The highest BCUT2D eigenvalue weighted by atomic mass is 79.9. The highest BCUT2D eigenvalue weighted by molar-refractivity contribution is 9.09. The molecule has 0 unspecified atom stereocenters. The van der Waals surface area contributed by atoms with Gasteiger partial charge in [0.05, 0.1) is 41.7 Å². The summed E-state index contributed by atoms with van der Waals surface area (Å²) in [6.07, 6.45) is -0.311. The molecule has 7 aromatic carbocycles. The number of carbonyl (C=O) groups is 2. The fourth-order valence-electron chi connectivity index (χ4n) is 7.62. The van der Waals surface area contributed by atoms with Crippen LogP contribution in [-0.4, -0.2) is 73.9 Å². The van der Waals surface area contributed by atoms with Crippen molar-refractivity contribution >= 4 is 67.2 Å². The van der Waals surface area contributed by atoms with Crippen LogP contribution >= 0.6 is 15.9 Å². The number of aliphatic hydroxyl groups excluding tert-OH is 2. The molecular weight excluding hydrogens is 999 g/mol. The zero-order valence-corrected chi connectivity index (χ0v) is 41.3. The number of aliphatic hydroxyl groups is 2. The molecule has 14 nitrogen and oxygen atoms in total. The van der Waals surface area contributed by atoms with Gasteiger partial charge in [0.15, 0.2) is 0 Å². The zero-order valence-electron chi connectivity index (χ0n) is 38.8. The van der Waals surface area contributed by atoms with Crippen LogP contribution in [0.3, 0.4) is 0 Å². The van der Waals surface area contributed by atoms with Gasteiger partial charge < -0.3 is 45.3 Å². The monoisotopic (exact) mass is 1060 g/mol. The van der Waals surface area contributed by atoms with Crippen molar-refractivity contribution in [3.63, 3.8) is 0 Å². The predicted octanol–water partition coefficient (Wildman–Crippen LogP) is 10.2. The molecule has 0 bridgehead atoms. The van der Waals surface area contributed by atoms with Crippen LogP contribution in [0.4, 0.5) is 28.4 Å². The van der Waals surface area contributed by atoms with E-state index in [4.69, 9.17) is 14.2 Å². The lowest BCUT2D eigenvalue weighted by atomic mass is 10.1. The Labute approximate surface area is 430 Å². The van der Waals surface area contributed by atoms with Crippen molar-refractivity contribution in [2.75, 3.05) is 59.0 Å². The van der Waals surface area contributed by atoms with Gasteiger partial charge in [-0.05, 0) is 101 Å². The number of benzene rings is 7. The van der Waals surface area contributed by atoms with Crippen LogP contribution in [0.2, 0.25) is 0 Å². The Morgan fingerprint density at radius 3 is 1.56 bits per heavy atom. The molecule has 1 aliphatic rings. The number of halogens is 1. The molecule has 2 amide bonds. The Balaban J connectivity index is 0.000000322. The van der Waals surface area contributed by atoms with Crippen LogP contribution in [0.25, 0.3) is 0 Å². The van der Waals surface area contributed by atoms with Gasteiger partial charge in [0.1, 0.15) is 24.7 Å². The highest BCUT2D eigenvalue weighted by Gasteiger charge is 2.26. The Kier molecular flexibility index (Phi) is 20.8. The van der Waals surface area contributed by atoms with Crippen LogP contribution < -0.4 is 30.3 Å². The fourth-order valence-corrected chi connectivity index (χ4v) is 9.40. The number of hydrogen-bond donors (Lipinski definition) is 5. The molecule has 0 saturated carbocycles. The Morgan fingerprint density at radius 1 is 0.625 bits per heavy atom. The lowest BCUT2D eigenvalue weighted by Crippen LogP contribution is -2.40. The molecule has 0 aliphatic carbocycles. The van der Waals surface area contributed by atoms with Crippen molar-refractivity contribution in [1.29, 1.82) is 0 Å². The van der Waals surface area contributed by atoms with Gasteiger partial charge in [0.25, 0.3) is 0 Å². The molecule has 0 aromatic heterocycles. The van der Waals surface area contributed by atoms with Crippen molar-refractivity contribution in [2.24, 2.45) is 0 Å². The standard InChI is InChI=1S/C39H40N4O6S.C16H16BrNO3.CH4/c44-29-40-37-25-32(11-20-39(37)49-28-31-9-5-2-6-10-31)38(45)27-42(26-30-7-3-1-4-8-30)35-16-12-33(13-17-35)41-34-14-18-36(19-15-34)50(46,47)43-21-23-48-24-22-43;17-9-15(20)13-6-7-16(14(8-13)18-11-19)21-10-12-4-2-1-3-5-12;/h1-20,25,29,38,41,45H,21-24,26-28H2,(H,40,44);1-8,11,15,20H,9-10H2,(H,18,19);1H4/t38-;15-;/m00./s1. The summed E-state index contributed by atoms with van der Waals surface area (Å²) in [6.45, 7) is 3.09. The SMILES string of the molecule is C.O=CNc1cc([C@@H](O)CBr)ccc1OCc1ccccc1.O=CNc1cc([C@@H](O)CN(Cc2ccccc2)c2ccc(Nc3ccc(S(=O)(=O)N4CCOCC4)cc3)cc2)ccc1OCc1ccccc1. The van der Waals surface area contributed by atoms with Crippen LogP contribution in [-0.2, 0) is 44.1 Å². The first-order valence-corrected chi connectivity index (χ1v) is 25.5. The number of morpholine rings is 1. The number of carbonyl (C=O) groups excluding carboxylic acids is 2. The maximum Gasteiger partial charge on any atom is 0.243 e. The Bertz CT molecular complexity index is 2860. The van der Waals surface area contributed by atoms with Crippen LogP contribution in [0, 0.1) is 0 Å². The maximum absolute atomic E-state index is 13.0. The minimum atomic E-state index is -3.57. The minimum Gasteiger partial charge on any atom is -0.487 e. The maximum atomic E-state index is 13.0. The van der Waals surface area contributed by atoms with Gasteiger partial charge in [0.2, 0.25) is 22.8 Å². The minimum absolute atomic E-state index is 0. The van der Waals surface area contributed by atoms with E-state index in [-0.39, 0.29) is 18.9 Å². The summed E-state index contributed by atoms with van der Waals surface area (Å²) < 4.78 is 44.5. The fraction of sp³-hybridized carbons (Fsp3) is 0.214. The second-order valence-corrected chi connectivity index (χ2v) is 18.9. The molecule has 1 fully saturated rings. The van der Waals surface area contributed by atoms with Crippen molar-refractivity contribution in [2.45, 2.75) is 44.3 Å². The number of anilines is 5. The van der Waals surface area contributed by atoms with E-state index in [2.05, 4.69) is 36.8 Å². The summed E-state index contributed by atoms with van der Waals surface area (Å²) in [5.74, 6) is 1.07. The van der Waals surface area contributed by atoms with Gasteiger partial charge in [-0.2, -0.15) is 4.31 Å². The van der Waals surface area contributed by atoms with E-state index in [1.807, 2.05) is 121 Å². The molecule has 1 saturated heterocycles. The third-order valence-electron chi connectivity index (χ3n) is 11.4. The number of ether oxygens (including phenoxy) is 3. The topological polar surface area (TPSA) is 179 Å². The number of hydrogen-bond acceptors (Lipinski definition) is 11. The summed E-state index contributed by atoms with van der Waals surface area (Å²) in [5.41, 5.74) is 7.97. The van der Waals surface area contributed by atoms with Gasteiger partial charge in [-0.3, -0.25) is 9.59 Å². The van der Waals surface area contributed by atoms with E-state index in [1.54, 1.807) is 54.6 Å². The molecular formula is C56H60BrN5O9S. The molecule has 2 atom stereocenters. The van der Waals surface area contributed by atoms with Crippen molar-refractivity contribution in [1.82, 2.24) is 4.31 Å². The van der Waals surface area contributed by atoms with Crippen LogP contribution in [0.1, 0.15) is 47.5 Å². The van der Waals surface area contributed by atoms with E-state index in [9.17, 15) is 28.2 Å². The normalized spacial score (nSPS) is 13.2. The molecule has 0 radical (unpaired) electrons. The lowest BCUT2D eigenvalue weighted by Gasteiger charge is -2.28. The van der Waals surface area contributed by atoms with Crippen molar-refractivity contribution in [3.8, 4) is 11.5 Å². The first-order chi connectivity index (χ1) is 34.6. The van der Waals surface area contributed by atoms with Gasteiger partial charge in [-0.1, -0.05) is 126 Å². The van der Waals surface area contributed by atoms with Crippen molar-refractivity contribution in [3.05, 3.63) is 204 Å². The summed E-state index contributed by atoms with van der Waals surface area (Å²) in [5, 5.41) is 30.4. The van der Waals surface area contributed by atoms with E-state index in [1.165, 1.54) is 4.31 Å². The summed E-state index contributed by atoms with van der Waals surface area (Å²) in [7, 11) is -3.57. The third kappa shape index (κ3) is 15.5. The molecule has 5 N–H and O–H groups in total. The van der Waals surface area contributed by atoms with E-state index in [0.29, 0.717) is 98.2 Å². The van der Waals surface area contributed by atoms with Crippen LogP contribution in [0.15, 0.2) is 181 Å². The molecule has 16 heteroatoms.